The lowest BCUT2D eigenvalue weighted by Gasteiger charge is -2.49. The number of aromatic amines is 1. The summed E-state index contributed by atoms with van der Waals surface area (Å²) in [5, 5.41) is 59.1. The Labute approximate surface area is 158 Å². The summed E-state index contributed by atoms with van der Waals surface area (Å²) in [4.78, 5) is 25.0. The standard InChI is InChI=1S/C16H20N6O6/c1-8-3-4-22(14(25)16(27,28)5-17)6-15(8,26)21(2)12-9-10(23)13(24)20-11(9)18-7-19-12/h7-8,23-24,26-28H,3-4,6H2,1-2H3,(H,18,19,20). The van der Waals surface area contributed by atoms with E-state index in [9.17, 15) is 30.3 Å². The van der Waals surface area contributed by atoms with E-state index in [0.717, 1.165) is 11.0 Å². The topological polar surface area (TPSA) is 190 Å². The number of aliphatic hydroxyl groups is 3. The van der Waals surface area contributed by atoms with Gasteiger partial charge in [-0.2, -0.15) is 5.26 Å². The van der Waals surface area contributed by atoms with Crippen molar-refractivity contribution < 1.29 is 30.3 Å². The van der Waals surface area contributed by atoms with Crippen molar-refractivity contribution >= 4 is 22.8 Å². The Morgan fingerprint density at radius 3 is 2.79 bits per heavy atom. The summed E-state index contributed by atoms with van der Waals surface area (Å²) in [5.41, 5.74) is -1.58. The first-order valence-electron chi connectivity index (χ1n) is 8.39. The van der Waals surface area contributed by atoms with E-state index in [1.54, 1.807) is 6.92 Å². The van der Waals surface area contributed by atoms with E-state index in [1.165, 1.54) is 18.3 Å². The molecule has 28 heavy (non-hydrogen) atoms. The fourth-order valence-corrected chi connectivity index (χ4v) is 3.39. The zero-order chi connectivity index (χ0) is 20.9. The second-order valence-electron chi connectivity index (χ2n) is 6.88. The number of amides is 1. The first-order valence-corrected chi connectivity index (χ1v) is 8.39. The van der Waals surface area contributed by atoms with E-state index in [0.29, 0.717) is 6.42 Å². The van der Waals surface area contributed by atoms with E-state index in [-0.39, 0.29) is 29.9 Å². The van der Waals surface area contributed by atoms with Gasteiger partial charge in [0.2, 0.25) is 5.88 Å². The molecular formula is C16H20N6O6. The molecule has 2 aromatic rings. The van der Waals surface area contributed by atoms with Gasteiger partial charge >= 0.3 is 5.79 Å². The van der Waals surface area contributed by atoms with Gasteiger partial charge < -0.3 is 40.3 Å². The minimum atomic E-state index is -3.20. The van der Waals surface area contributed by atoms with Gasteiger partial charge in [-0.05, 0) is 6.42 Å². The minimum Gasteiger partial charge on any atom is -0.503 e. The van der Waals surface area contributed by atoms with Crippen molar-refractivity contribution in [3.05, 3.63) is 6.33 Å². The van der Waals surface area contributed by atoms with Gasteiger partial charge in [-0.25, -0.2) is 9.97 Å². The number of likely N-dealkylation sites (tertiary alicyclic amines) is 1. The zero-order valence-corrected chi connectivity index (χ0v) is 15.2. The molecule has 150 valence electrons. The van der Waals surface area contributed by atoms with Crippen molar-refractivity contribution in [2.45, 2.75) is 24.9 Å². The SMILES string of the molecule is CC1CCN(C(=O)C(O)(O)C#N)CC1(O)N(C)c1ncnc2[nH]c(O)c(O)c12. The maximum atomic E-state index is 12.2. The molecule has 0 spiro atoms. The number of β-amino-alcohol motifs (C(OH)–C–C–N with tert-alkyl or cyclic N) is 1. The summed E-state index contributed by atoms with van der Waals surface area (Å²) >= 11 is 0. The fourth-order valence-electron chi connectivity index (χ4n) is 3.39. The molecule has 2 atom stereocenters. The Hall–Kier alpha value is -3.14. The van der Waals surface area contributed by atoms with E-state index >= 15 is 0 Å². The number of nitrogens with one attached hydrogen (secondary N) is 1. The number of nitriles is 1. The lowest BCUT2D eigenvalue weighted by Crippen LogP contribution is -2.65. The van der Waals surface area contributed by atoms with E-state index in [4.69, 9.17) is 5.26 Å². The molecule has 0 aliphatic carbocycles. The average Bonchev–Trinajstić information content (AvgIpc) is 2.97. The Morgan fingerprint density at radius 2 is 2.14 bits per heavy atom. The third-order valence-electron chi connectivity index (χ3n) is 5.21. The molecule has 1 amide bonds. The molecule has 2 aromatic heterocycles. The molecule has 3 heterocycles. The molecule has 1 aliphatic rings. The highest BCUT2D eigenvalue weighted by Gasteiger charge is 2.49. The third kappa shape index (κ3) is 2.85. The number of carbonyl (C=O) groups excluding carboxylic acids is 1. The van der Waals surface area contributed by atoms with Crippen LogP contribution in [0.25, 0.3) is 11.0 Å². The monoisotopic (exact) mass is 392 g/mol. The number of rotatable bonds is 3. The van der Waals surface area contributed by atoms with Crippen LogP contribution in [-0.2, 0) is 4.79 Å². The highest BCUT2D eigenvalue weighted by molar-refractivity contribution is 5.95. The number of hydrogen-bond acceptors (Lipinski definition) is 10. The molecule has 0 radical (unpaired) electrons. The minimum absolute atomic E-state index is 0.0715. The smallest absolute Gasteiger partial charge is 0.336 e. The normalized spacial score (nSPS) is 22.9. The zero-order valence-electron chi connectivity index (χ0n) is 15.2. The summed E-state index contributed by atoms with van der Waals surface area (Å²) in [5.74, 6) is -5.76. The molecule has 3 rings (SSSR count). The largest absolute Gasteiger partial charge is 0.503 e. The molecular weight excluding hydrogens is 372 g/mol. The number of hydrogen-bond donors (Lipinski definition) is 6. The van der Waals surface area contributed by atoms with Gasteiger partial charge in [-0.1, -0.05) is 6.92 Å². The summed E-state index contributed by atoms with van der Waals surface area (Å²) in [6, 6.07) is 1.11. The van der Waals surface area contributed by atoms with Crippen molar-refractivity contribution in [2.24, 2.45) is 5.92 Å². The molecule has 6 N–H and O–H groups in total. The fraction of sp³-hybridized carbons (Fsp3) is 0.500. The number of fused-ring (bicyclic) bond motifs is 1. The van der Waals surface area contributed by atoms with Crippen LogP contribution in [0.5, 0.6) is 11.6 Å². The van der Waals surface area contributed by atoms with E-state index < -0.39 is 35.0 Å². The van der Waals surface area contributed by atoms with Gasteiger partial charge in [0.15, 0.2) is 11.5 Å². The molecule has 1 fully saturated rings. The van der Waals surface area contributed by atoms with Gasteiger partial charge in [0.1, 0.15) is 29.2 Å². The van der Waals surface area contributed by atoms with Gasteiger partial charge in [-0.15, -0.1) is 0 Å². The van der Waals surface area contributed by atoms with Gasteiger partial charge in [0, 0.05) is 19.5 Å². The maximum absolute atomic E-state index is 12.2. The Balaban J connectivity index is 2.01. The van der Waals surface area contributed by atoms with Crippen LogP contribution in [0.1, 0.15) is 13.3 Å². The van der Waals surface area contributed by atoms with Crippen molar-refractivity contribution in [3.8, 4) is 17.7 Å². The van der Waals surface area contributed by atoms with Crippen LogP contribution in [0, 0.1) is 17.2 Å². The molecule has 12 heteroatoms. The van der Waals surface area contributed by atoms with E-state index in [1.807, 2.05) is 0 Å². The molecule has 0 saturated carbocycles. The Bertz CT molecular complexity index is 968. The third-order valence-corrected chi connectivity index (χ3v) is 5.21. The van der Waals surface area contributed by atoms with Crippen LogP contribution in [0.2, 0.25) is 0 Å². The van der Waals surface area contributed by atoms with Gasteiger partial charge in [0.25, 0.3) is 5.91 Å². The van der Waals surface area contributed by atoms with E-state index in [2.05, 4.69) is 15.0 Å². The molecule has 12 nitrogen and oxygen atoms in total. The molecule has 0 bridgehead atoms. The number of H-pyrrole nitrogens is 1. The second kappa shape index (κ2) is 6.48. The molecule has 1 saturated heterocycles. The maximum Gasteiger partial charge on any atom is 0.336 e. The predicted molar refractivity (Wildman–Crippen MR) is 93.7 cm³/mol. The van der Waals surface area contributed by atoms with Crippen molar-refractivity contribution in [3.63, 3.8) is 0 Å². The van der Waals surface area contributed by atoms with Gasteiger partial charge in [0.05, 0.1) is 6.54 Å². The van der Waals surface area contributed by atoms with Crippen LogP contribution in [-0.4, -0.2) is 82.9 Å². The van der Waals surface area contributed by atoms with Crippen LogP contribution in [0.3, 0.4) is 0 Å². The number of piperidine rings is 1. The van der Waals surface area contributed by atoms with Crippen LogP contribution < -0.4 is 4.90 Å². The van der Waals surface area contributed by atoms with Crippen molar-refractivity contribution in [1.82, 2.24) is 19.9 Å². The first-order chi connectivity index (χ1) is 13.0. The number of nitrogens with zero attached hydrogens (tertiary/aromatic N) is 5. The molecule has 0 aromatic carbocycles. The van der Waals surface area contributed by atoms with Crippen LogP contribution in [0.4, 0.5) is 5.82 Å². The van der Waals surface area contributed by atoms with Crippen molar-refractivity contribution in [2.75, 3.05) is 25.0 Å². The highest BCUT2D eigenvalue weighted by atomic mass is 16.5. The average molecular weight is 392 g/mol. The number of aromatic hydroxyl groups is 2. The Morgan fingerprint density at radius 1 is 1.46 bits per heavy atom. The lowest BCUT2D eigenvalue weighted by molar-refractivity contribution is -0.184. The summed E-state index contributed by atoms with van der Waals surface area (Å²) in [6.45, 7) is 1.49. The first kappa shape index (κ1) is 19.6. The van der Waals surface area contributed by atoms with Crippen LogP contribution >= 0.6 is 0 Å². The number of anilines is 1. The summed E-state index contributed by atoms with van der Waals surface area (Å²) in [7, 11) is 1.48. The predicted octanol–water partition coefficient (Wildman–Crippen LogP) is -1.43. The van der Waals surface area contributed by atoms with Gasteiger partial charge in [-0.3, -0.25) is 4.79 Å². The number of aromatic nitrogens is 3. The summed E-state index contributed by atoms with van der Waals surface area (Å²) in [6.07, 6.45) is 1.47. The van der Waals surface area contributed by atoms with Crippen molar-refractivity contribution in [1.29, 1.82) is 5.26 Å². The molecule has 2 unspecified atom stereocenters. The second-order valence-corrected chi connectivity index (χ2v) is 6.88. The summed E-state index contributed by atoms with van der Waals surface area (Å²) < 4.78 is 0. The number of carbonyl (C=O) groups is 1. The Kier molecular flexibility index (Phi) is 4.54. The number of likely N-dealkylation sites (N-methyl/N-ethyl adjacent to an activating group) is 1. The molecule has 1 aliphatic heterocycles. The van der Waals surface area contributed by atoms with Crippen LogP contribution in [0.15, 0.2) is 6.33 Å². The quantitative estimate of drug-likeness (QED) is 0.266. The lowest BCUT2D eigenvalue weighted by atomic mass is 9.87. The highest BCUT2D eigenvalue weighted by Crippen LogP contribution is 2.41.